The molecule has 2 atom stereocenters. The topological polar surface area (TPSA) is 49.3 Å². The van der Waals surface area contributed by atoms with Gasteiger partial charge in [0.2, 0.25) is 5.91 Å². The number of rotatable bonds is 2. The molecule has 0 bridgehead atoms. The molecule has 2 unspecified atom stereocenters. The first-order valence-corrected chi connectivity index (χ1v) is 6.59. The van der Waals surface area contributed by atoms with Gasteiger partial charge in [0, 0.05) is 0 Å². The highest BCUT2D eigenvalue weighted by atomic mass is 79.9. The van der Waals surface area contributed by atoms with Crippen LogP contribution in [0.5, 0.6) is 0 Å². The van der Waals surface area contributed by atoms with Crippen LogP contribution in [0.1, 0.15) is 44.9 Å². The predicted octanol–water partition coefficient (Wildman–Crippen LogP) is 1.72. The average Bonchev–Trinajstić information content (AvgIpc) is 2.18. The molecule has 86 valence electrons. The van der Waals surface area contributed by atoms with E-state index in [9.17, 15) is 9.90 Å². The lowest BCUT2D eigenvalue weighted by Crippen LogP contribution is -2.54. The number of amides is 1. The largest absolute Gasteiger partial charge is 0.391 e. The van der Waals surface area contributed by atoms with Crippen molar-refractivity contribution >= 4 is 21.8 Å². The Morgan fingerprint density at radius 1 is 1.27 bits per heavy atom. The Bertz CT molecular complexity index is 253. The van der Waals surface area contributed by atoms with Gasteiger partial charge >= 0.3 is 0 Å². The van der Waals surface area contributed by atoms with E-state index in [1.165, 1.54) is 0 Å². The van der Waals surface area contributed by atoms with Crippen LogP contribution in [0, 0.1) is 0 Å². The fourth-order valence-corrected chi connectivity index (χ4v) is 2.97. The van der Waals surface area contributed by atoms with Gasteiger partial charge in [-0.3, -0.25) is 4.79 Å². The normalized spacial score (nSPS) is 34.3. The summed E-state index contributed by atoms with van der Waals surface area (Å²) in [6, 6.07) is -0.0266. The Kier molecular flexibility index (Phi) is 3.36. The summed E-state index contributed by atoms with van der Waals surface area (Å²) in [5.41, 5.74) is 0. The minimum atomic E-state index is -0.348. The molecule has 2 rings (SSSR count). The van der Waals surface area contributed by atoms with Gasteiger partial charge in [0.25, 0.3) is 0 Å². The lowest BCUT2D eigenvalue weighted by atomic mass is 9.83. The lowest BCUT2D eigenvalue weighted by molar-refractivity contribution is -0.127. The minimum Gasteiger partial charge on any atom is -0.391 e. The molecule has 2 saturated carbocycles. The fraction of sp³-hybridized carbons (Fsp3) is 0.909. The van der Waals surface area contributed by atoms with Crippen molar-refractivity contribution in [1.82, 2.24) is 5.32 Å². The van der Waals surface area contributed by atoms with Crippen LogP contribution in [0.25, 0.3) is 0 Å². The first-order valence-electron chi connectivity index (χ1n) is 5.80. The van der Waals surface area contributed by atoms with Crippen molar-refractivity contribution in [2.75, 3.05) is 0 Å². The van der Waals surface area contributed by atoms with Crippen LogP contribution in [0.2, 0.25) is 0 Å². The van der Waals surface area contributed by atoms with Gasteiger partial charge in [0.05, 0.1) is 12.1 Å². The molecule has 2 aliphatic carbocycles. The molecule has 2 N–H and O–H groups in total. The summed E-state index contributed by atoms with van der Waals surface area (Å²) in [4.78, 5) is 11.9. The molecule has 0 aliphatic heterocycles. The maximum atomic E-state index is 11.9. The first kappa shape index (κ1) is 11.4. The van der Waals surface area contributed by atoms with Crippen LogP contribution in [0.3, 0.4) is 0 Å². The Hall–Kier alpha value is -0.0900. The summed E-state index contributed by atoms with van der Waals surface area (Å²) in [5, 5.41) is 12.7. The molecule has 0 heterocycles. The first-order chi connectivity index (χ1) is 7.12. The van der Waals surface area contributed by atoms with Crippen molar-refractivity contribution in [3.63, 3.8) is 0 Å². The van der Waals surface area contributed by atoms with E-state index in [1.807, 2.05) is 0 Å². The maximum Gasteiger partial charge on any atom is 0.237 e. The standard InChI is InChI=1S/C11H18BrNO2/c12-11(6-3-7-11)10(15)13-8-4-1-2-5-9(8)14/h8-9,14H,1-7H2,(H,13,15). The van der Waals surface area contributed by atoms with Gasteiger partial charge < -0.3 is 10.4 Å². The van der Waals surface area contributed by atoms with Gasteiger partial charge in [-0.1, -0.05) is 28.8 Å². The van der Waals surface area contributed by atoms with Crippen LogP contribution in [-0.2, 0) is 4.79 Å². The quantitative estimate of drug-likeness (QED) is 0.754. The van der Waals surface area contributed by atoms with E-state index < -0.39 is 0 Å². The van der Waals surface area contributed by atoms with Crippen molar-refractivity contribution in [2.24, 2.45) is 0 Å². The summed E-state index contributed by atoms with van der Waals surface area (Å²) < 4.78 is -0.329. The molecule has 2 aliphatic rings. The Balaban J connectivity index is 1.87. The highest BCUT2D eigenvalue weighted by molar-refractivity contribution is 9.10. The molecule has 0 aromatic rings. The second-order valence-electron chi connectivity index (χ2n) is 4.75. The number of aliphatic hydroxyl groups excluding tert-OH is 1. The van der Waals surface area contributed by atoms with E-state index >= 15 is 0 Å². The van der Waals surface area contributed by atoms with E-state index in [4.69, 9.17) is 0 Å². The monoisotopic (exact) mass is 275 g/mol. The zero-order valence-corrected chi connectivity index (χ0v) is 10.4. The van der Waals surface area contributed by atoms with Crippen molar-refractivity contribution in [3.8, 4) is 0 Å². The molecule has 1 amide bonds. The summed E-state index contributed by atoms with van der Waals surface area (Å²) >= 11 is 3.49. The zero-order chi connectivity index (χ0) is 10.9. The van der Waals surface area contributed by atoms with Crippen molar-refractivity contribution in [1.29, 1.82) is 0 Å². The third-order valence-electron chi connectivity index (χ3n) is 3.60. The molecule has 2 fully saturated rings. The number of hydrogen-bond acceptors (Lipinski definition) is 2. The van der Waals surface area contributed by atoms with Crippen LogP contribution in [-0.4, -0.2) is 27.5 Å². The number of aliphatic hydroxyl groups is 1. The van der Waals surface area contributed by atoms with E-state index in [-0.39, 0.29) is 22.4 Å². The van der Waals surface area contributed by atoms with Gasteiger partial charge in [-0.15, -0.1) is 0 Å². The number of alkyl halides is 1. The van der Waals surface area contributed by atoms with E-state index in [0.717, 1.165) is 44.9 Å². The van der Waals surface area contributed by atoms with Gasteiger partial charge in [0.1, 0.15) is 4.32 Å². The van der Waals surface area contributed by atoms with E-state index in [0.29, 0.717) is 0 Å². The number of carbonyl (C=O) groups is 1. The predicted molar refractivity (Wildman–Crippen MR) is 61.9 cm³/mol. The van der Waals surface area contributed by atoms with E-state index in [2.05, 4.69) is 21.2 Å². The van der Waals surface area contributed by atoms with Gasteiger partial charge in [-0.2, -0.15) is 0 Å². The average molecular weight is 276 g/mol. The van der Waals surface area contributed by atoms with Crippen molar-refractivity contribution in [3.05, 3.63) is 0 Å². The highest BCUT2D eigenvalue weighted by Crippen LogP contribution is 2.40. The zero-order valence-electron chi connectivity index (χ0n) is 8.84. The van der Waals surface area contributed by atoms with E-state index in [1.54, 1.807) is 0 Å². The highest BCUT2D eigenvalue weighted by Gasteiger charge is 2.42. The van der Waals surface area contributed by atoms with Crippen LogP contribution in [0.15, 0.2) is 0 Å². The number of carbonyl (C=O) groups excluding carboxylic acids is 1. The Morgan fingerprint density at radius 3 is 2.47 bits per heavy atom. The SMILES string of the molecule is O=C(NC1CCCCC1O)C1(Br)CCC1. The van der Waals surface area contributed by atoms with Gasteiger partial charge in [-0.05, 0) is 32.1 Å². The Labute approximate surface area is 98.8 Å². The second-order valence-corrected chi connectivity index (χ2v) is 6.27. The molecule has 0 radical (unpaired) electrons. The summed E-state index contributed by atoms with van der Waals surface area (Å²) in [7, 11) is 0. The summed E-state index contributed by atoms with van der Waals surface area (Å²) in [6.07, 6.45) is 6.52. The van der Waals surface area contributed by atoms with Crippen LogP contribution >= 0.6 is 15.9 Å². The molecular weight excluding hydrogens is 258 g/mol. The smallest absolute Gasteiger partial charge is 0.237 e. The molecule has 0 spiro atoms. The summed E-state index contributed by atoms with van der Waals surface area (Å²) in [6.45, 7) is 0. The van der Waals surface area contributed by atoms with Crippen molar-refractivity contribution < 1.29 is 9.90 Å². The van der Waals surface area contributed by atoms with Gasteiger partial charge in [0.15, 0.2) is 0 Å². The summed E-state index contributed by atoms with van der Waals surface area (Å²) in [5.74, 6) is 0.0692. The second kappa shape index (κ2) is 4.42. The third-order valence-corrected chi connectivity index (χ3v) is 4.75. The van der Waals surface area contributed by atoms with Crippen LogP contribution in [0.4, 0.5) is 0 Å². The maximum absolute atomic E-state index is 11.9. The third kappa shape index (κ3) is 2.36. The molecule has 4 heteroatoms. The fourth-order valence-electron chi connectivity index (χ4n) is 2.29. The molecule has 0 aromatic heterocycles. The number of halogens is 1. The molecule has 0 saturated heterocycles. The van der Waals surface area contributed by atoms with Crippen molar-refractivity contribution in [2.45, 2.75) is 61.4 Å². The van der Waals surface area contributed by atoms with Gasteiger partial charge in [-0.25, -0.2) is 0 Å². The lowest BCUT2D eigenvalue weighted by Gasteiger charge is -2.37. The number of hydrogen-bond donors (Lipinski definition) is 2. The minimum absolute atomic E-state index is 0.0266. The number of nitrogens with one attached hydrogen (secondary N) is 1. The Morgan fingerprint density at radius 2 is 1.93 bits per heavy atom. The molecular formula is C11H18BrNO2. The molecule has 3 nitrogen and oxygen atoms in total. The molecule has 15 heavy (non-hydrogen) atoms. The van der Waals surface area contributed by atoms with Crippen LogP contribution < -0.4 is 5.32 Å². The molecule has 0 aromatic carbocycles.